The molecule has 1 aromatic heterocycles. The van der Waals surface area contributed by atoms with Crippen molar-refractivity contribution in [3.05, 3.63) is 24.2 Å². The van der Waals surface area contributed by atoms with E-state index in [0.29, 0.717) is 25.3 Å². The van der Waals surface area contributed by atoms with Crippen molar-refractivity contribution in [3.63, 3.8) is 0 Å². The lowest BCUT2D eigenvalue weighted by Gasteiger charge is -2.01. The maximum absolute atomic E-state index is 11.2. The van der Waals surface area contributed by atoms with E-state index in [1.54, 1.807) is 6.26 Å². The standard InChI is InChI=1S/C10H14ClNO2/c11-6-2-7-12-10(13)5-4-9-3-1-8-14-9/h1,3,8H,2,4-7H2,(H,12,13). The van der Waals surface area contributed by atoms with Crippen molar-refractivity contribution in [1.29, 1.82) is 0 Å². The van der Waals surface area contributed by atoms with Crippen LogP contribution < -0.4 is 5.32 Å². The molecule has 0 saturated carbocycles. The molecule has 0 aromatic carbocycles. The topological polar surface area (TPSA) is 42.2 Å². The van der Waals surface area contributed by atoms with Crippen LogP contribution in [-0.2, 0) is 11.2 Å². The molecule has 0 saturated heterocycles. The fourth-order valence-electron chi connectivity index (χ4n) is 1.07. The lowest BCUT2D eigenvalue weighted by atomic mass is 10.2. The van der Waals surface area contributed by atoms with Gasteiger partial charge in [-0.05, 0) is 18.6 Å². The smallest absolute Gasteiger partial charge is 0.220 e. The molecule has 0 spiro atoms. The molecule has 0 aliphatic carbocycles. The summed E-state index contributed by atoms with van der Waals surface area (Å²) in [5.41, 5.74) is 0. The zero-order chi connectivity index (χ0) is 10.2. The first-order valence-electron chi connectivity index (χ1n) is 4.68. The van der Waals surface area contributed by atoms with E-state index in [1.807, 2.05) is 12.1 Å². The Morgan fingerprint density at radius 2 is 2.43 bits per heavy atom. The van der Waals surface area contributed by atoms with E-state index >= 15 is 0 Å². The number of hydrogen-bond acceptors (Lipinski definition) is 2. The number of nitrogens with one attached hydrogen (secondary N) is 1. The van der Waals surface area contributed by atoms with Gasteiger partial charge in [-0.25, -0.2) is 0 Å². The Morgan fingerprint density at radius 1 is 1.57 bits per heavy atom. The fraction of sp³-hybridized carbons (Fsp3) is 0.500. The molecule has 0 aliphatic rings. The summed E-state index contributed by atoms with van der Waals surface area (Å²) in [5, 5.41) is 2.78. The molecule has 3 nitrogen and oxygen atoms in total. The number of halogens is 1. The highest BCUT2D eigenvalue weighted by Crippen LogP contribution is 2.03. The summed E-state index contributed by atoms with van der Waals surface area (Å²) in [6, 6.07) is 3.69. The molecule has 0 bridgehead atoms. The zero-order valence-corrected chi connectivity index (χ0v) is 8.72. The van der Waals surface area contributed by atoms with Crippen LogP contribution in [0.15, 0.2) is 22.8 Å². The second-order valence-corrected chi connectivity index (χ2v) is 3.35. The third-order valence-electron chi connectivity index (χ3n) is 1.81. The Bertz CT molecular complexity index is 259. The number of carbonyl (C=O) groups is 1. The molecule has 4 heteroatoms. The number of carbonyl (C=O) groups excluding carboxylic acids is 1. The molecule has 0 unspecified atom stereocenters. The second kappa shape index (κ2) is 6.49. The quantitative estimate of drug-likeness (QED) is 0.582. The lowest BCUT2D eigenvalue weighted by Crippen LogP contribution is -2.24. The molecule has 1 heterocycles. The summed E-state index contributed by atoms with van der Waals surface area (Å²) < 4.78 is 5.11. The molecular formula is C10H14ClNO2. The average Bonchev–Trinajstić information content (AvgIpc) is 2.68. The minimum Gasteiger partial charge on any atom is -0.469 e. The number of rotatable bonds is 6. The van der Waals surface area contributed by atoms with Crippen molar-refractivity contribution in [2.75, 3.05) is 12.4 Å². The predicted octanol–water partition coefficient (Wildman–Crippen LogP) is 1.96. The van der Waals surface area contributed by atoms with Crippen molar-refractivity contribution in [3.8, 4) is 0 Å². The number of aryl methyl sites for hydroxylation is 1. The molecule has 0 radical (unpaired) electrons. The van der Waals surface area contributed by atoms with Gasteiger partial charge in [-0.15, -0.1) is 11.6 Å². The van der Waals surface area contributed by atoms with Crippen LogP contribution in [0.2, 0.25) is 0 Å². The Morgan fingerprint density at radius 3 is 3.07 bits per heavy atom. The van der Waals surface area contributed by atoms with Gasteiger partial charge in [0.1, 0.15) is 5.76 Å². The number of amides is 1. The molecule has 1 aromatic rings. The van der Waals surface area contributed by atoms with Crippen molar-refractivity contribution in [2.24, 2.45) is 0 Å². The van der Waals surface area contributed by atoms with Gasteiger partial charge in [-0.2, -0.15) is 0 Å². The Kier molecular flexibility index (Phi) is 5.15. The minimum atomic E-state index is 0.0477. The zero-order valence-electron chi connectivity index (χ0n) is 7.96. The molecule has 14 heavy (non-hydrogen) atoms. The molecular weight excluding hydrogens is 202 g/mol. The Labute approximate surface area is 88.4 Å². The SMILES string of the molecule is O=C(CCc1ccco1)NCCCCl. The van der Waals surface area contributed by atoms with Crippen LogP contribution in [-0.4, -0.2) is 18.3 Å². The summed E-state index contributed by atoms with van der Waals surface area (Å²) >= 11 is 5.48. The highest BCUT2D eigenvalue weighted by molar-refractivity contribution is 6.17. The average molecular weight is 216 g/mol. The minimum absolute atomic E-state index is 0.0477. The summed E-state index contributed by atoms with van der Waals surface area (Å²) in [7, 11) is 0. The van der Waals surface area contributed by atoms with Crippen LogP contribution in [0.1, 0.15) is 18.6 Å². The molecule has 78 valence electrons. The van der Waals surface area contributed by atoms with E-state index < -0.39 is 0 Å². The van der Waals surface area contributed by atoms with Gasteiger partial charge in [0.25, 0.3) is 0 Å². The number of alkyl halides is 1. The van der Waals surface area contributed by atoms with E-state index in [-0.39, 0.29) is 5.91 Å². The monoisotopic (exact) mass is 215 g/mol. The number of furan rings is 1. The number of hydrogen-bond donors (Lipinski definition) is 1. The lowest BCUT2D eigenvalue weighted by molar-refractivity contribution is -0.121. The first-order valence-corrected chi connectivity index (χ1v) is 5.21. The van der Waals surface area contributed by atoms with Gasteiger partial charge in [0.2, 0.25) is 5.91 Å². The van der Waals surface area contributed by atoms with E-state index in [0.717, 1.165) is 12.2 Å². The van der Waals surface area contributed by atoms with Crippen LogP contribution >= 0.6 is 11.6 Å². The van der Waals surface area contributed by atoms with Crippen molar-refractivity contribution in [2.45, 2.75) is 19.3 Å². The van der Waals surface area contributed by atoms with Crippen LogP contribution in [0, 0.1) is 0 Å². The van der Waals surface area contributed by atoms with Crippen LogP contribution in [0.3, 0.4) is 0 Å². The van der Waals surface area contributed by atoms with Gasteiger partial charge in [-0.1, -0.05) is 0 Å². The molecule has 0 aliphatic heterocycles. The third kappa shape index (κ3) is 4.33. The van der Waals surface area contributed by atoms with E-state index in [9.17, 15) is 4.79 Å². The van der Waals surface area contributed by atoms with Crippen LogP contribution in [0.25, 0.3) is 0 Å². The largest absolute Gasteiger partial charge is 0.469 e. The van der Waals surface area contributed by atoms with Crippen molar-refractivity contribution >= 4 is 17.5 Å². The highest BCUT2D eigenvalue weighted by Gasteiger charge is 2.02. The summed E-state index contributed by atoms with van der Waals surface area (Å²) in [6.45, 7) is 0.653. The van der Waals surface area contributed by atoms with Gasteiger partial charge >= 0.3 is 0 Å². The van der Waals surface area contributed by atoms with Gasteiger partial charge < -0.3 is 9.73 Å². The van der Waals surface area contributed by atoms with Gasteiger partial charge in [0.15, 0.2) is 0 Å². The van der Waals surface area contributed by atoms with Crippen molar-refractivity contribution < 1.29 is 9.21 Å². The van der Waals surface area contributed by atoms with E-state index in [1.165, 1.54) is 0 Å². The van der Waals surface area contributed by atoms with E-state index in [2.05, 4.69) is 5.32 Å². The first-order chi connectivity index (χ1) is 6.83. The summed E-state index contributed by atoms with van der Waals surface area (Å²) in [5.74, 6) is 1.47. The first kappa shape index (κ1) is 11.1. The van der Waals surface area contributed by atoms with Gasteiger partial charge in [0, 0.05) is 25.3 Å². The predicted molar refractivity (Wildman–Crippen MR) is 55.4 cm³/mol. The molecule has 1 amide bonds. The highest BCUT2D eigenvalue weighted by atomic mass is 35.5. The molecule has 0 fully saturated rings. The van der Waals surface area contributed by atoms with Crippen LogP contribution in [0.5, 0.6) is 0 Å². The Balaban J connectivity index is 2.09. The molecule has 1 rings (SSSR count). The third-order valence-corrected chi connectivity index (χ3v) is 2.08. The summed E-state index contributed by atoms with van der Waals surface area (Å²) in [4.78, 5) is 11.2. The molecule has 0 atom stereocenters. The maximum Gasteiger partial charge on any atom is 0.220 e. The van der Waals surface area contributed by atoms with Gasteiger partial charge in [-0.3, -0.25) is 4.79 Å². The Hall–Kier alpha value is -0.960. The van der Waals surface area contributed by atoms with E-state index in [4.69, 9.17) is 16.0 Å². The van der Waals surface area contributed by atoms with Crippen LogP contribution in [0.4, 0.5) is 0 Å². The van der Waals surface area contributed by atoms with Gasteiger partial charge in [0.05, 0.1) is 6.26 Å². The van der Waals surface area contributed by atoms with Crippen molar-refractivity contribution in [1.82, 2.24) is 5.32 Å². The normalized spacial score (nSPS) is 10.1. The maximum atomic E-state index is 11.2. The second-order valence-electron chi connectivity index (χ2n) is 2.97. The fourth-order valence-corrected chi connectivity index (χ4v) is 1.21. The summed E-state index contributed by atoms with van der Waals surface area (Å²) in [6.07, 6.45) is 3.55. The molecule has 1 N–H and O–H groups in total.